The van der Waals surface area contributed by atoms with Gasteiger partial charge in [-0.1, -0.05) is 12.1 Å². The predicted octanol–water partition coefficient (Wildman–Crippen LogP) is 1.46. The van der Waals surface area contributed by atoms with Crippen molar-refractivity contribution in [1.29, 1.82) is 0 Å². The molecule has 0 unspecified atom stereocenters. The molecule has 1 saturated heterocycles. The first-order valence-electron chi connectivity index (χ1n) is 8.04. The molecule has 0 spiro atoms. The Hall–Kier alpha value is -2.78. The van der Waals surface area contributed by atoms with E-state index < -0.39 is 4.92 Å². The van der Waals surface area contributed by atoms with Gasteiger partial charge in [0.2, 0.25) is 11.6 Å². The largest absolute Gasteiger partial charge is 0.378 e. The fraction of sp³-hybridized carbons (Fsp3) is 0.375. The number of anilines is 3. The highest BCUT2D eigenvalue weighted by atomic mass is 16.6. The molecule has 132 valence electrons. The van der Waals surface area contributed by atoms with Gasteiger partial charge in [0.1, 0.15) is 6.33 Å². The molecule has 0 atom stereocenters. The number of nitrogens with one attached hydrogen (secondary N) is 1. The maximum atomic E-state index is 11.1. The van der Waals surface area contributed by atoms with Gasteiger partial charge in [0.05, 0.1) is 4.92 Å². The van der Waals surface area contributed by atoms with Crippen molar-refractivity contribution < 1.29 is 4.92 Å². The van der Waals surface area contributed by atoms with E-state index in [1.807, 2.05) is 24.3 Å². The van der Waals surface area contributed by atoms with Crippen LogP contribution in [-0.4, -0.2) is 57.9 Å². The zero-order valence-corrected chi connectivity index (χ0v) is 14.1. The van der Waals surface area contributed by atoms with Crippen molar-refractivity contribution >= 4 is 23.0 Å². The molecule has 1 fully saturated rings. The zero-order valence-electron chi connectivity index (χ0n) is 14.1. The molecule has 0 bridgehead atoms. The van der Waals surface area contributed by atoms with E-state index in [1.165, 1.54) is 11.9 Å². The van der Waals surface area contributed by atoms with Crippen molar-refractivity contribution in [3.63, 3.8) is 0 Å². The number of benzene rings is 1. The quantitative estimate of drug-likeness (QED) is 0.619. The van der Waals surface area contributed by atoms with Crippen LogP contribution in [0.15, 0.2) is 30.6 Å². The van der Waals surface area contributed by atoms with Crippen molar-refractivity contribution in [3.05, 3.63) is 46.3 Å². The van der Waals surface area contributed by atoms with E-state index in [2.05, 4.69) is 32.1 Å². The number of hydrogen-bond donors (Lipinski definition) is 2. The summed E-state index contributed by atoms with van der Waals surface area (Å²) in [5.74, 6) is -0.0708. The Bertz CT molecular complexity index is 743. The summed E-state index contributed by atoms with van der Waals surface area (Å²) in [4.78, 5) is 22.9. The first-order valence-corrected chi connectivity index (χ1v) is 8.04. The molecule has 1 aliphatic rings. The fourth-order valence-corrected chi connectivity index (χ4v) is 2.76. The van der Waals surface area contributed by atoms with Crippen molar-refractivity contribution in [2.75, 3.05) is 44.3 Å². The summed E-state index contributed by atoms with van der Waals surface area (Å²) in [7, 11) is 2.14. The summed E-state index contributed by atoms with van der Waals surface area (Å²) in [6.45, 7) is 5.18. The molecule has 3 rings (SSSR count). The Balaban J connectivity index is 1.67. The van der Waals surface area contributed by atoms with Crippen LogP contribution in [-0.2, 0) is 6.54 Å². The van der Waals surface area contributed by atoms with Gasteiger partial charge in [-0.05, 0) is 24.7 Å². The standard InChI is InChI=1S/C16H21N7O2/c1-21-6-8-22(9-7-21)10-12-2-4-13(5-3-12)20-16-14(23(24)25)15(17)18-11-19-16/h2-5,11H,6-10H2,1H3,(H3,17,18,19,20). The molecular formula is C16H21N7O2. The van der Waals surface area contributed by atoms with Crippen LogP contribution in [0.5, 0.6) is 0 Å². The minimum atomic E-state index is -0.584. The minimum Gasteiger partial charge on any atom is -0.378 e. The van der Waals surface area contributed by atoms with Gasteiger partial charge in [-0.3, -0.25) is 15.0 Å². The topological polar surface area (TPSA) is 113 Å². The lowest BCUT2D eigenvalue weighted by molar-refractivity contribution is -0.383. The molecule has 9 nitrogen and oxygen atoms in total. The fourth-order valence-electron chi connectivity index (χ4n) is 2.76. The number of rotatable bonds is 5. The van der Waals surface area contributed by atoms with Gasteiger partial charge < -0.3 is 16.0 Å². The number of piperazine rings is 1. The normalized spacial score (nSPS) is 15.9. The van der Waals surface area contributed by atoms with E-state index >= 15 is 0 Å². The van der Waals surface area contributed by atoms with Crippen molar-refractivity contribution in [3.8, 4) is 0 Å². The summed E-state index contributed by atoms with van der Waals surface area (Å²) >= 11 is 0. The third-order valence-corrected chi connectivity index (χ3v) is 4.25. The van der Waals surface area contributed by atoms with Crippen molar-refractivity contribution in [1.82, 2.24) is 19.8 Å². The molecule has 0 amide bonds. The van der Waals surface area contributed by atoms with E-state index in [0.29, 0.717) is 5.69 Å². The van der Waals surface area contributed by atoms with Crippen molar-refractivity contribution in [2.24, 2.45) is 0 Å². The average molecular weight is 343 g/mol. The number of nitrogens with two attached hydrogens (primary N) is 1. The Morgan fingerprint density at radius 3 is 2.52 bits per heavy atom. The molecule has 1 aromatic carbocycles. The highest BCUT2D eigenvalue weighted by molar-refractivity contribution is 5.72. The SMILES string of the molecule is CN1CCN(Cc2ccc(Nc3ncnc(N)c3[N+](=O)[O-])cc2)CC1. The second kappa shape index (κ2) is 7.41. The molecule has 2 aromatic rings. The zero-order chi connectivity index (χ0) is 17.8. The lowest BCUT2D eigenvalue weighted by Crippen LogP contribution is -2.43. The maximum absolute atomic E-state index is 11.1. The highest BCUT2D eigenvalue weighted by Crippen LogP contribution is 2.29. The van der Waals surface area contributed by atoms with Crippen LogP contribution in [0.3, 0.4) is 0 Å². The van der Waals surface area contributed by atoms with Gasteiger partial charge in [0.15, 0.2) is 0 Å². The second-order valence-electron chi connectivity index (χ2n) is 6.11. The van der Waals surface area contributed by atoms with Gasteiger partial charge >= 0.3 is 5.69 Å². The number of nitrogens with zero attached hydrogens (tertiary/aromatic N) is 5. The van der Waals surface area contributed by atoms with Gasteiger partial charge in [-0.25, -0.2) is 9.97 Å². The minimum absolute atomic E-state index is 0.0873. The number of nitro groups is 1. The van der Waals surface area contributed by atoms with E-state index in [-0.39, 0.29) is 17.3 Å². The van der Waals surface area contributed by atoms with E-state index in [0.717, 1.165) is 32.7 Å². The lowest BCUT2D eigenvalue weighted by atomic mass is 10.2. The van der Waals surface area contributed by atoms with Crippen LogP contribution in [0.25, 0.3) is 0 Å². The van der Waals surface area contributed by atoms with E-state index in [4.69, 9.17) is 5.73 Å². The first kappa shape index (κ1) is 17.1. The number of nitrogen functional groups attached to an aromatic ring is 1. The van der Waals surface area contributed by atoms with Crippen LogP contribution in [0, 0.1) is 10.1 Å². The molecule has 1 aromatic heterocycles. The van der Waals surface area contributed by atoms with Crippen molar-refractivity contribution in [2.45, 2.75) is 6.54 Å². The third-order valence-electron chi connectivity index (χ3n) is 4.25. The van der Waals surface area contributed by atoms with Gasteiger partial charge in [0.25, 0.3) is 0 Å². The Morgan fingerprint density at radius 1 is 1.20 bits per heavy atom. The summed E-state index contributed by atoms with van der Waals surface area (Å²) in [6, 6.07) is 7.79. The van der Waals surface area contributed by atoms with Gasteiger partial charge in [-0.15, -0.1) is 0 Å². The van der Waals surface area contributed by atoms with Gasteiger partial charge in [-0.2, -0.15) is 0 Å². The summed E-state index contributed by atoms with van der Waals surface area (Å²) in [6.07, 6.45) is 1.20. The van der Waals surface area contributed by atoms with Gasteiger partial charge in [0, 0.05) is 38.4 Å². The molecule has 2 heterocycles. The molecule has 0 saturated carbocycles. The number of hydrogen-bond acceptors (Lipinski definition) is 8. The van der Waals surface area contributed by atoms with E-state index in [9.17, 15) is 10.1 Å². The molecule has 0 radical (unpaired) electrons. The third kappa shape index (κ3) is 4.20. The number of likely N-dealkylation sites (N-methyl/N-ethyl adjacent to an activating group) is 1. The first-order chi connectivity index (χ1) is 12.0. The molecule has 3 N–H and O–H groups in total. The number of aromatic nitrogens is 2. The highest BCUT2D eigenvalue weighted by Gasteiger charge is 2.21. The summed E-state index contributed by atoms with van der Waals surface area (Å²) < 4.78 is 0. The van der Waals surface area contributed by atoms with Crippen LogP contribution in [0.4, 0.5) is 23.0 Å². The monoisotopic (exact) mass is 343 g/mol. The Morgan fingerprint density at radius 2 is 1.88 bits per heavy atom. The summed E-state index contributed by atoms with van der Waals surface area (Å²) in [5, 5.41) is 14.1. The predicted molar refractivity (Wildman–Crippen MR) is 95.6 cm³/mol. The smallest absolute Gasteiger partial charge is 0.353 e. The van der Waals surface area contributed by atoms with Crippen LogP contribution < -0.4 is 11.1 Å². The lowest BCUT2D eigenvalue weighted by Gasteiger charge is -2.32. The van der Waals surface area contributed by atoms with Crippen LogP contribution in [0.2, 0.25) is 0 Å². The molecule has 1 aliphatic heterocycles. The summed E-state index contributed by atoms with van der Waals surface area (Å²) in [5.41, 5.74) is 7.17. The second-order valence-corrected chi connectivity index (χ2v) is 6.11. The van der Waals surface area contributed by atoms with Crippen LogP contribution >= 0.6 is 0 Å². The Kier molecular flexibility index (Phi) is 5.05. The average Bonchev–Trinajstić information content (AvgIpc) is 2.58. The maximum Gasteiger partial charge on any atom is 0.353 e. The molecule has 9 heteroatoms. The Labute approximate surface area is 145 Å². The molecule has 0 aliphatic carbocycles. The van der Waals surface area contributed by atoms with E-state index in [1.54, 1.807) is 0 Å². The van der Waals surface area contributed by atoms with Crippen LogP contribution in [0.1, 0.15) is 5.56 Å². The molecule has 25 heavy (non-hydrogen) atoms. The molecular weight excluding hydrogens is 322 g/mol.